The molecule has 0 saturated carbocycles. The highest BCUT2D eigenvalue weighted by Crippen LogP contribution is 2.42. The van der Waals surface area contributed by atoms with Crippen LogP contribution in [0.4, 0.5) is 11.4 Å². The maximum Gasteiger partial charge on any atom is 0.353 e. The van der Waals surface area contributed by atoms with E-state index >= 15 is 0 Å². The van der Waals surface area contributed by atoms with Crippen LogP contribution in [0.2, 0.25) is 0 Å². The summed E-state index contributed by atoms with van der Waals surface area (Å²) in [4.78, 5) is 26.4. The third-order valence-electron chi connectivity index (χ3n) is 5.14. The molecule has 1 unspecified atom stereocenters. The van der Waals surface area contributed by atoms with Crippen LogP contribution >= 0.6 is 0 Å². The lowest BCUT2D eigenvalue weighted by Crippen LogP contribution is -2.37. The molecule has 0 spiro atoms. The number of anilines is 2. The molecule has 3 aromatic rings. The van der Waals surface area contributed by atoms with Crippen LogP contribution in [0.15, 0.2) is 72.8 Å². The Morgan fingerprint density at radius 3 is 2.35 bits per heavy atom. The van der Waals surface area contributed by atoms with Gasteiger partial charge in [0.1, 0.15) is 0 Å². The van der Waals surface area contributed by atoms with Gasteiger partial charge in [0, 0.05) is 36.6 Å². The Labute approximate surface area is 179 Å². The zero-order valence-corrected chi connectivity index (χ0v) is 17.0. The highest BCUT2D eigenvalue weighted by Gasteiger charge is 2.47. The summed E-state index contributed by atoms with van der Waals surface area (Å²) in [5, 5.41) is 11.8. The van der Waals surface area contributed by atoms with Crippen LogP contribution in [-0.2, 0) is 15.2 Å². The Balaban J connectivity index is 1.77. The quantitative estimate of drug-likeness (QED) is 0.501. The summed E-state index contributed by atoms with van der Waals surface area (Å²) in [6, 6.07) is 21.4. The van der Waals surface area contributed by atoms with E-state index in [0.29, 0.717) is 16.8 Å². The number of cyclic esters (lactones) is 1. The van der Waals surface area contributed by atoms with Gasteiger partial charge in [0.2, 0.25) is 5.72 Å². The Morgan fingerprint density at radius 1 is 1.03 bits per heavy atom. The Hall–Kier alpha value is -4.31. The van der Waals surface area contributed by atoms with E-state index in [1.165, 1.54) is 18.4 Å². The SMILES string of the molecule is CN(C)c1ccc(C2(Nc3ccc(C(=O)OC#N)cc3)OC(=O)c3ccccc32)cc1. The molecule has 0 saturated heterocycles. The fourth-order valence-electron chi connectivity index (χ4n) is 3.58. The van der Waals surface area contributed by atoms with Gasteiger partial charge in [-0.25, -0.2) is 9.59 Å². The summed E-state index contributed by atoms with van der Waals surface area (Å²) in [7, 11) is 3.90. The molecule has 0 radical (unpaired) electrons. The molecule has 7 nitrogen and oxygen atoms in total. The highest BCUT2D eigenvalue weighted by atomic mass is 16.6. The lowest BCUT2D eigenvalue weighted by Gasteiger charge is -2.32. The number of carbonyl (C=O) groups excluding carboxylic acids is 2. The average Bonchev–Trinajstić information content (AvgIpc) is 3.07. The number of carbonyl (C=O) groups is 2. The Morgan fingerprint density at radius 2 is 1.71 bits per heavy atom. The maximum absolute atomic E-state index is 12.7. The number of nitriles is 1. The molecule has 0 aliphatic carbocycles. The lowest BCUT2D eigenvalue weighted by molar-refractivity contribution is 0.0212. The number of esters is 2. The van der Waals surface area contributed by atoms with E-state index in [2.05, 4.69) is 10.1 Å². The topological polar surface area (TPSA) is 91.7 Å². The smallest absolute Gasteiger partial charge is 0.353 e. The van der Waals surface area contributed by atoms with Crippen molar-refractivity contribution in [3.05, 3.63) is 95.1 Å². The minimum atomic E-state index is -1.23. The summed E-state index contributed by atoms with van der Waals surface area (Å²) >= 11 is 0. The summed E-state index contributed by atoms with van der Waals surface area (Å²) in [6.45, 7) is 0. The van der Waals surface area contributed by atoms with Crippen molar-refractivity contribution in [2.45, 2.75) is 5.72 Å². The predicted molar refractivity (Wildman–Crippen MR) is 114 cm³/mol. The van der Waals surface area contributed by atoms with Crippen molar-refractivity contribution in [1.82, 2.24) is 0 Å². The molecule has 0 aromatic heterocycles. The minimum absolute atomic E-state index is 0.236. The second kappa shape index (κ2) is 7.84. The van der Waals surface area contributed by atoms with Gasteiger partial charge in [-0.05, 0) is 42.5 Å². The minimum Gasteiger partial charge on any atom is -0.427 e. The normalized spacial score (nSPS) is 16.6. The number of nitrogens with one attached hydrogen (secondary N) is 1. The number of hydrogen-bond donors (Lipinski definition) is 1. The lowest BCUT2D eigenvalue weighted by atomic mass is 9.92. The molecule has 1 atom stereocenters. The van der Waals surface area contributed by atoms with Crippen LogP contribution in [0.1, 0.15) is 31.8 Å². The summed E-state index contributed by atoms with van der Waals surface area (Å²) in [5.74, 6) is -1.16. The zero-order valence-electron chi connectivity index (χ0n) is 17.0. The number of hydrogen-bond acceptors (Lipinski definition) is 7. The fraction of sp³-hybridized carbons (Fsp3) is 0.125. The average molecular weight is 413 g/mol. The molecule has 7 heteroatoms. The van der Waals surface area contributed by atoms with Crippen LogP contribution in [0.25, 0.3) is 0 Å². The third kappa shape index (κ3) is 3.55. The van der Waals surface area contributed by atoms with E-state index in [1.54, 1.807) is 24.3 Å². The van der Waals surface area contributed by atoms with E-state index in [4.69, 9.17) is 10.00 Å². The molecule has 1 aliphatic heterocycles. The zero-order chi connectivity index (χ0) is 22.0. The van der Waals surface area contributed by atoms with Crippen molar-refractivity contribution < 1.29 is 19.1 Å². The fourth-order valence-corrected chi connectivity index (χ4v) is 3.58. The van der Waals surface area contributed by atoms with Gasteiger partial charge in [0.15, 0.2) is 0 Å². The van der Waals surface area contributed by atoms with Crippen molar-refractivity contribution in [2.24, 2.45) is 0 Å². The first kappa shape index (κ1) is 20.0. The van der Waals surface area contributed by atoms with Gasteiger partial charge in [-0.15, -0.1) is 5.26 Å². The number of benzene rings is 3. The molecule has 0 amide bonds. The predicted octanol–water partition coefficient (Wildman–Crippen LogP) is 3.87. The maximum atomic E-state index is 12.7. The first-order chi connectivity index (χ1) is 14.9. The molecule has 154 valence electrons. The van der Waals surface area contributed by atoms with E-state index in [-0.39, 0.29) is 5.56 Å². The van der Waals surface area contributed by atoms with Crippen LogP contribution in [0.3, 0.4) is 0 Å². The number of ether oxygens (including phenoxy) is 2. The van der Waals surface area contributed by atoms with Gasteiger partial charge < -0.3 is 19.7 Å². The van der Waals surface area contributed by atoms with Crippen molar-refractivity contribution in [1.29, 1.82) is 5.26 Å². The van der Waals surface area contributed by atoms with Crippen molar-refractivity contribution in [2.75, 3.05) is 24.3 Å². The summed E-state index contributed by atoms with van der Waals surface area (Å²) in [5.41, 5.74) is 2.58. The van der Waals surface area contributed by atoms with Gasteiger partial charge in [-0.3, -0.25) is 0 Å². The van der Waals surface area contributed by atoms with Crippen molar-refractivity contribution >= 4 is 23.3 Å². The van der Waals surface area contributed by atoms with E-state index in [1.807, 2.05) is 55.4 Å². The Bertz CT molecular complexity index is 1180. The number of fused-ring (bicyclic) bond motifs is 1. The van der Waals surface area contributed by atoms with Crippen molar-refractivity contribution in [3.63, 3.8) is 0 Å². The van der Waals surface area contributed by atoms with Gasteiger partial charge in [-0.2, -0.15) is 0 Å². The second-order valence-corrected chi connectivity index (χ2v) is 7.24. The molecular weight excluding hydrogens is 394 g/mol. The van der Waals surface area contributed by atoms with Gasteiger partial charge >= 0.3 is 11.9 Å². The van der Waals surface area contributed by atoms with E-state index < -0.39 is 17.7 Å². The summed E-state index contributed by atoms with van der Waals surface area (Å²) in [6.07, 6.45) is 1.37. The molecule has 4 rings (SSSR count). The molecule has 1 N–H and O–H groups in total. The monoisotopic (exact) mass is 413 g/mol. The van der Waals surface area contributed by atoms with E-state index in [0.717, 1.165) is 11.3 Å². The molecule has 3 aromatic carbocycles. The van der Waals surface area contributed by atoms with Crippen LogP contribution < -0.4 is 10.2 Å². The van der Waals surface area contributed by atoms with Crippen LogP contribution in [0, 0.1) is 11.5 Å². The van der Waals surface area contributed by atoms with Gasteiger partial charge in [-0.1, -0.05) is 30.3 Å². The second-order valence-electron chi connectivity index (χ2n) is 7.24. The molecule has 1 aliphatic rings. The first-order valence-corrected chi connectivity index (χ1v) is 9.54. The number of nitrogens with zero attached hydrogens (tertiary/aromatic N) is 2. The highest BCUT2D eigenvalue weighted by molar-refractivity contribution is 5.96. The molecule has 1 heterocycles. The van der Waals surface area contributed by atoms with Crippen LogP contribution in [-0.4, -0.2) is 26.0 Å². The first-order valence-electron chi connectivity index (χ1n) is 9.54. The van der Waals surface area contributed by atoms with Crippen molar-refractivity contribution in [3.8, 4) is 6.26 Å². The molecular formula is C24H19N3O4. The van der Waals surface area contributed by atoms with Crippen LogP contribution in [0.5, 0.6) is 0 Å². The number of rotatable bonds is 5. The van der Waals surface area contributed by atoms with E-state index in [9.17, 15) is 9.59 Å². The molecule has 31 heavy (non-hydrogen) atoms. The third-order valence-corrected chi connectivity index (χ3v) is 5.14. The van der Waals surface area contributed by atoms with Gasteiger partial charge in [0.25, 0.3) is 6.26 Å². The molecule has 0 fully saturated rings. The Kier molecular flexibility index (Phi) is 5.05. The van der Waals surface area contributed by atoms with Gasteiger partial charge in [0.05, 0.1) is 11.1 Å². The summed E-state index contributed by atoms with van der Waals surface area (Å²) < 4.78 is 10.3. The molecule has 0 bridgehead atoms. The largest absolute Gasteiger partial charge is 0.427 e. The standard InChI is InChI=1S/C24H19N3O4/c1-27(2)19-13-9-17(10-14-19)24(21-6-4-3-5-20(21)23(29)31-24)26-18-11-7-16(8-12-18)22(28)30-15-25/h3-14,26H,1-2H3.